The van der Waals surface area contributed by atoms with Crippen molar-refractivity contribution in [3.8, 4) is 11.5 Å². The van der Waals surface area contributed by atoms with Crippen molar-refractivity contribution in [3.05, 3.63) is 23.3 Å². The number of phenols is 1. The van der Waals surface area contributed by atoms with Gasteiger partial charge in [-0.2, -0.15) is 0 Å². The fraction of sp³-hybridized carbons (Fsp3) is 0.680. The van der Waals surface area contributed by atoms with Crippen molar-refractivity contribution in [3.63, 3.8) is 0 Å². The van der Waals surface area contributed by atoms with E-state index in [0.29, 0.717) is 18.6 Å². The minimum absolute atomic E-state index is 0.0110. The van der Waals surface area contributed by atoms with Gasteiger partial charge in [-0.25, -0.2) is 0 Å². The highest BCUT2D eigenvalue weighted by Crippen LogP contribution is 2.65. The van der Waals surface area contributed by atoms with Crippen LogP contribution in [0.2, 0.25) is 0 Å². The predicted molar refractivity (Wildman–Crippen MR) is 118 cm³/mol. The van der Waals surface area contributed by atoms with Gasteiger partial charge in [-0.05, 0) is 62.6 Å². The summed E-state index contributed by atoms with van der Waals surface area (Å²) in [6, 6.07) is 3.38. The maximum Gasteiger partial charge on any atom is 0.306 e. The summed E-state index contributed by atoms with van der Waals surface area (Å²) in [5.74, 6) is 0.657. The van der Waals surface area contributed by atoms with Gasteiger partial charge in [0.1, 0.15) is 6.10 Å². The summed E-state index contributed by atoms with van der Waals surface area (Å²) in [6.45, 7) is 1.91. The minimum Gasteiger partial charge on any atom is -0.504 e. The second-order valence-electron chi connectivity index (χ2n) is 10.6. The number of phenolic OH excluding ortho intramolecular Hbond substituents is 1. The summed E-state index contributed by atoms with van der Waals surface area (Å²) in [4.78, 5) is 26.6. The number of carbonyl (C=O) groups excluding carboxylic acids is 2. The van der Waals surface area contributed by atoms with Gasteiger partial charge in [0.15, 0.2) is 11.5 Å². The zero-order chi connectivity index (χ0) is 23.0. The SMILES string of the molecule is COC(=O)CCC(=O)N[C@@H]1CCC2(O)C3Cc4ccc(O)c5c4C2(CCN3CC2CC2)C1O5. The Morgan fingerprint density at radius 1 is 1.24 bits per heavy atom. The standard InChI is InChI=1S/C25H32N2O6/c1-32-20(30)7-6-19(29)26-16-8-9-25(31)18-12-15-4-5-17(28)22-21(15)24(25,23(16)33-22)10-11-27(18)13-14-2-3-14/h4-5,14,16,18,23,28,31H,2-3,6-13H2,1H3,(H,26,29)/t16-,18?,23?,24?,25?/m1/s1. The van der Waals surface area contributed by atoms with Gasteiger partial charge in [0.2, 0.25) is 5.91 Å². The number of ether oxygens (including phenoxy) is 2. The molecule has 5 aliphatic rings. The summed E-state index contributed by atoms with van der Waals surface area (Å²) in [5, 5.41) is 26.1. The van der Waals surface area contributed by atoms with Gasteiger partial charge in [-0.15, -0.1) is 0 Å². The van der Waals surface area contributed by atoms with Crippen LogP contribution in [-0.4, -0.2) is 71.0 Å². The van der Waals surface area contributed by atoms with Crippen molar-refractivity contribution in [1.82, 2.24) is 10.2 Å². The highest BCUT2D eigenvalue weighted by molar-refractivity contribution is 5.81. The lowest BCUT2D eigenvalue weighted by molar-refractivity contribution is -0.192. The number of hydrogen-bond acceptors (Lipinski definition) is 7. The lowest BCUT2D eigenvalue weighted by Crippen LogP contribution is -2.78. The quantitative estimate of drug-likeness (QED) is 0.555. The molecule has 1 aromatic carbocycles. The molecule has 3 fully saturated rings. The van der Waals surface area contributed by atoms with Gasteiger partial charge in [0.05, 0.1) is 30.6 Å². The summed E-state index contributed by atoms with van der Waals surface area (Å²) < 4.78 is 11.1. The largest absolute Gasteiger partial charge is 0.504 e. The van der Waals surface area contributed by atoms with Crippen molar-refractivity contribution in [2.75, 3.05) is 20.2 Å². The molecule has 1 aromatic rings. The van der Waals surface area contributed by atoms with E-state index >= 15 is 0 Å². The van der Waals surface area contributed by atoms with Crippen LogP contribution in [-0.2, 0) is 26.2 Å². The molecule has 4 unspecified atom stereocenters. The summed E-state index contributed by atoms with van der Waals surface area (Å²) >= 11 is 0. The number of hydrogen-bond donors (Lipinski definition) is 3. The number of aromatic hydroxyl groups is 1. The van der Waals surface area contributed by atoms with Crippen LogP contribution in [0.4, 0.5) is 0 Å². The van der Waals surface area contributed by atoms with E-state index in [1.807, 2.05) is 6.07 Å². The van der Waals surface area contributed by atoms with Crippen LogP contribution < -0.4 is 10.1 Å². The van der Waals surface area contributed by atoms with Gasteiger partial charge in [0, 0.05) is 24.6 Å². The van der Waals surface area contributed by atoms with Crippen molar-refractivity contribution < 1.29 is 29.3 Å². The average molecular weight is 457 g/mol. The molecule has 2 heterocycles. The topological polar surface area (TPSA) is 108 Å². The van der Waals surface area contributed by atoms with Crippen molar-refractivity contribution in [2.24, 2.45) is 5.92 Å². The first-order valence-electron chi connectivity index (χ1n) is 12.2. The Balaban J connectivity index is 1.35. The van der Waals surface area contributed by atoms with E-state index in [0.717, 1.165) is 43.0 Å². The number of piperidine rings is 1. The van der Waals surface area contributed by atoms with Crippen molar-refractivity contribution in [1.29, 1.82) is 0 Å². The van der Waals surface area contributed by atoms with Crippen molar-refractivity contribution in [2.45, 2.75) is 80.6 Å². The number of carbonyl (C=O) groups is 2. The van der Waals surface area contributed by atoms with Gasteiger partial charge in [0.25, 0.3) is 0 Å². The Morgan fingerprint density at radius 2 is 2.06 bits per heavy atom. The Kier molecular flexibility index (Phi) is 4.72. The number of nitrogens with zero attached hydrogens (tertiary/aromatic N) is 1. The first-order chi connectivity index (χ1) is 15.9. The maximum absolute atomic E-state index is 12.7. The van der Waals surface area contributed by atoms with Crippen LogP contribution in [0.3, 0.4) is 0 Å². The van der Waals surface area contributed by atoms with Crippen LogP contribution in [0.5, 0.6) is 11.5 Å². The van der Waals surface area contributed by atoms with E-state index in [-0.39, 0.29) is 36.6 Å². The van der Waals surface area contributed by atoms with E-state index in [1.165, 1.54) is 20.0 Å². The molecule has 0 aromatic heterocycles. The molecule has 8 nitrogen and oxygen atoms in total. The summed E-state index contributed by atoms with van der Waals surface area (Å²) in [5.41, 5.74) is 0.464. The Bertz CT molecular complexity index is 1010. The van der Waals surface area contributed by atoms with Gasteiger partial charge < -0.3 is 25.0 Å². The number of aliphatic hydroxyl groups is 1. The second-order valence-corrected chi connectivity index (χ2v) is 10.6. The zero-order valence-electron chi connectivity index (χ0n) is 19.0. The first-order valence-corrected chi connectivity index (χ1v) is 12.2. The molecule has 8 heteroatoms. The number of nitrogens with one attached hydrogen (secondary N) is 1. The van der Waals surface area contributed by atoms with E-state index in [2.05, 4.69) is 15.0 Å². The van der Waals surface area contributed by atoms with Gasteiger partial charge in [-0.1, -0.05) is 6.07 Å². The van der Waals surface area contributed by atoms with Crippen molar-refractivity contribution >= 4 is 11.9 Å². The van der Waals surface area contributed by atoms with Gasteiger partial charge in [-0.3, -0.25) is 14.5 Å². The number of benzene rings is 1. The van der Waals surface area contributed by atoms with E-state index in [9.17, 15) is 19.8 Å². The Labute approximate surface area is 193 Å². The zero-order valence-corrected chi connectivity index (χ0v) is 19.0. The molecule has 178 valence electrons. The van der Waals surface area contributed by atoms with E-state index in [1.54, 1.807) is 6.07 Å². The molecular formula is C25H32N2O6. The minimum atomic E-state index is -0.968. The molecule has 2 saturated carbocycles. The monoisotopic (exact) mass is 456 g/mol. The molecule has 1 spiro atoms. The summed E-state index contributed by atoms with van der Waals surface area (Å²) in [6.07, 6.45) is 4.80. The van der Waals surface area contributed by atoms with Crippen LogP contribution >= 0.6 is 0 Å². The fourth-order valence-corrected chi connectivity index (χ4v) is 7.23. The molecule has 5 atom stereocenters. The average Bonchev–Trinajstić information content (AvgIpc) is 3.54. The lowest BCUT2D eigenvalue weighted by atomic mass is 9.48. The molecule has 0 radical (unpaired) electrons. The Morgan fingerprint density at radius 3 is 2.82 bits per heavy atom. The normalized spacial score (nSPS) is 36.0. The summed E-state index contributed by atoms with van der Waals surface area (Å²) in [7, 11) is 1.31. The highest BCUT2D eigenvalue weighted by atomic mass is 16.5. The number of esters is 1. The molecule has 1 saturated heterocycles. The van der Waals surface area contributed by atoms with E-state index in [4.69, 9.17) is 4.74 Å². The fourth-order valence-electron chi connectivity index (χ4n) is 7.23. The highest BCUT2D eigenvalue weighted by Gasteiger charge is 2.73. The molecule has 33 heavy (non-hydrogen) atoms. The third-order valence-electron chi connectivity index (χ3n) is 8.89. The number of likely N-dealkylation sites (tertiary alicyclic amines) is 1. The smallest absolute Gasteiger partial charge is 0.306 e. The number of rotatable bonds is 6. The first kappa shape index (κ1) is 21.2. The maximum atomic E-state index is 12.7. The van der Waals surface area contributed by atoms with E-state index < -0.39 is 23.1 Å². The molecule has 1 amide bonds. The second kappa shape index (κ2) is 7.34. The van der Waals surface area contributed by atoms with Gasteiger partial charge >= 0.3 is 5.97 Å². The molecule has 3 aliphatic carbocycles. The predicted octanol–water partition coefficient (Wildman–Crippen LogP) is 1.39. The lowest BCUT2D eigenvalue weighted by Gasteiger charge is -2.64. The third-order valence-corrected chi connectivity index (χ3v) is 8.89. The third kappa shape index (κ3) is 2.96. The number of methoxy groups -OCH3 is 1. The molecule has 2 bridgehead atoms. The molecular weight excluding hydrogens is 424 g/mol. The Hall–Kier alpha value is -2.32. The number of amides is 1. The molecule has 2 aliphatic heterocycles. The van der Waals surface area contributed by atoms with Crippen LogP contribution in [0.25, 0.3) is 0 Å². The van der Waals surface area contributed by atoms with Crippen LogP contribution in [0.1, 0.15) is 56.1 Å². The van der Waals surface area contributed by atoms with Crippen LogP contribution in [0.15, 0.2) is 12.1 Å². The molecule has 3 N–H and O–H groups in total. The molecule has 6 rings (SSSR count). The van der Waals surface area contributed by atoms with Crippen LogP contribution in [0, 0.1) is 5.92 Å².